The van der Waals surface area contributed by atoms with Gasteiger partial charge in [0.05, 0.1) is 5.69 Å². The minimum absolute atomic E-state index is 0.0817. The first-order chi connectivity index (χ1) is 8.34. The molecule has 6 heteroatoms. The van der Waals surface area contributed by atoms with Gasteiger partial charge in [-0.3, -0.25) is 0 Å². The third-order valence-corrected chi connectivity index (χ3v) is 2.37. The van der Waals surface area contributed by atoms with Gasteiger partial charge in [-0.15, -0.1) is 0 Å². The van der Waals surface area contributed by atoms with Crippen molar-refractivity contribution in [2.45, 2.75) is 25.8 Å². The summed E-state index contributed by atoms with van der Waals surface area (Å²) in [6, 6.07) is 2.14. The highest BCUT2D eigenvalue weighted by Gasteiger charge is 2.20. The van der Waals surface area contributed by atoms with Crippen molar-refractivity contribution in [3.63, 3.8) is 0 Å². The van der Waals surface area contributed by atoms with E-state index >= 15 is 0 Å². The third kappa shape index (κ3) is 4.29. The third-order valence-electron chi connectivity index (χ3n) is 2.37. The normalized spacial score (nSPS) is 11.2. The van der Waals surface area contributed by atoms with Crippen LogP contribution in [0.3, 0.4) is 0 Å². The lowest BCUT2D eigenvalue weighted by atomic mass is 10.0. The van der Waals surface area contributed by atoms with Gasteiger partial charge in [0.15, 0.2) is 0 Å². The Labute approximate surface area is 104 Å². The fourth-order valence-corrected chi connectivity index (χ4v) is 1.40. The molecule has 1 aromatic rings. The van der Waals surface area contributed by atoms with E-state index in [4.69, 9.17) is 5.11 Å². The molecule has 18 heavy (non-hydrogen) atoms. The van der Waals surface area contributed by atoms with Crippen LogP contribution >= 0.6 is 0 Å². The number of hydrogen-bond acceptors (Lipinski definition) is 2. The highest BCUT2D eigenvalue weighted by molar-refractivity contribution is 5.89. The molecule has 0 atom stereocenters. The molecule has 2 amide bonds. The van der Waals surface area contributed by atoms with Crippen molar-refractivity contribution in [3.8, 4) is 0 Å². The van der Waals surface area contributed by atoms with Gasteiger partial charge < -0.3 is 15.7 Å². The van der Waals surface area contributed by atoms with Crippen molar-refractivity contribution in [1.82, 2.24) is 5.32 Å². The number of rotatable bonds is 4. The molecule has 3 N–H and O–H groups in total. The van der Waals surface area contributed by atoms with Crippen molar-refractivity contribution >= 4 is 11.7 Å². The summed E-state index contributed by atoms with van der Waals surface area (Å²) in [6.45, 7) is 3.34. The van der Waals surface area contributed by atoms with E-state index in [9.17, 15) is 13.6 Å². The lowest BCUT2D eigenvalue weighted by molar-refractivity contribution is 0.218. The van der Waals surface area contributed by atoms with Gasteiger partial charge in [-0.05, 0) is 32.4 Å². The number of amides is 2. The molecule has 1 aromatic carbocycles. The number of carbonyl (C=O) groups is 1. The van der Waals surface area contributed by atoms with Crippen LogP contribution in [0, 0.1) is 11.6 Å². The molecule has 0 aliphatic carbocycles. The average Bonchev–Trinajstić information content (AvgIpc) is 2.22. The largest absolute Gasteiger partial charge is 0.396 e. The van der Waals surface area contributed by atoms with Gasteiger partial charge in [0.1, 0.15) is 11.6 Å². The minimum atomic E-state index is -0.716. The summed E-state index contributed by atoms with van der Waals surface area (Å²) in [4.78, 5) is 11.6. The number of aliphatic hydroxyl groups is 1. The molecule has 0 aliphatic rings. The van der Waals surface area contributed by atoms with Crippen LogP contribution in [-0.4, -0.2) is 23.3 Å². The lowest BCUT2D eigenvalue weighted by Gasteiger charge is -2.25. The Balaban J connectivity index is 2.67. The maximum atomic E-state index is 13.3. The van der Waals surface area contributed by atoms with E-state index in [0.717, 1.165) is 18.2 Å². The Kier molecular flexibility index (Phi) is 4.61. The van der Waals surface area contributed by atoms with Crippen molar-refractivity contribution in [2.75, 3.05) is 11.9 Å². The van der Waals surface area contributed by atoms with Crippen molar-refractivity contribution in [2.24, 2.45) is 0 Å². The van der Waals surface area contributed by atoms with Crippen LogP contribution in [0.25, 0.3) is 0 Å². The van der Waals surface area contributed by atoms with E-state index in [2.05, 4.69) is 10.6 Å². The van der Waals surface area contributed by atoms with Crippen LogP contribution < -0.4 is 10.6 Å². The molecule has 100 valence electrons. The van der Waals surface area contributed by atoms with Gasteiger partial charge in [0.25, 0.3) is 0 Å². The monoisotopic (exact) mass is 258 g/mol. The van der Waals surface area contributed by atoms with Crippen molar-refractivity contribution < 1.29 is 18.7 Å². The van der Waals surface area contributed by atoms with E-state index in [1.54, 1.807) is 13.8 Å². The summed E-state index contributed by atoms with van der Waals surface area (Å²) >= 11 is 0. The Bertz CT molecular complexity index is 436. The smallest absolute Gasteiger partial charge is 0.319 e. The quantitative estimate of drug-likeness (QED) is 0.775. The maximum absolute atomic E-state index is 13.3. The van der Waals surface area contributed by atoms with Gasteiger partial charge in [0, 0.05) is 18.2 Å². The van der Waals surface area contributed by atoms with Crippen molar-refractivity contribution in [3.05, 3.63) is 29.8 Å². The van der Waals surface area contributed by atoms with E-state index in [0.29, 0.717) is 6.42 Å². The average molecular weight is 258 g/mol. The fourth-order valence-electron chi connectivity index (χ4n) is 1.40. The molecule has 0 unspecified atom stereocenters. The summed E-state index contributed by atoms with van der Waals surface area (Å²) in [5, 5.41) is 13.6. The van der Waals surface area contributed by atoms with Crippen LogP contribution in [0.2, 0.25) is 0 Å². The van der Waals surface area contributed by atoms with Crippen LogP contribution in [0.1, 0.15) is 20.3 Å². The Morgan fingerprint density at radius 3 is 2.67 bits per heavy atom. The number of hydrogen-bond donors (Lipinski definition) is 3. The van der Waals surface area contributed by atoms with Gasteiger partial charge in [-0.1, -0.05) is 0 Å². The molecule has 0 spiro atoms. The first kappa shape index (κ1) is 14.4. The fraction of sp³-hybridized carbons (Fsp3) is 0.417. The van der Waals surface area contributed by atoms with E-state index in [1.165, 1.54) is 0 Å². The van der Waals surface area contributed by atoms with Gasteiger partial charge >= 0.3 is 6.03 Å². The number of nitrogens with one attached hydrogen (secondary N) is 2. The number of halogens is 2. The number of anilines is 1. The number of aliphatic hydroxyl groups excluding tert-OH is 1. The summed E-state index contributed by atoms with van der Waals surface area (Å²) in [6.07, 6.45) is 0.353. The summed E-state index contributed by atoms with van der Waals surface area (Å²) in [5.74, 6) is -1.35. The second-order valence-corrected chi connectivity index (χ2v) is 4.56. The maximum Gasteiger partial charge on any atom is 0.319 e. The minimum Gasteiger partial charge on any atom is -0.396 e. The summed E-state index contributed by atoms with van der Waals surface area (Å²) in [7, 11) is 0. The molecule has 4 nitrogen and oxygen atoms in total. The first-order valence-corrected chi connectivity index (χ1v) is 5.49. The van der Waals surface area contributed by atoms with Crippen LogP contribution in [-0.2, 0) is 0 Å². The Morgan fingerprint density at radius 1 is 1.39 bits per heavy atom. The van der Waals surface area contributed by atoms with E-state index in [1.807, 2.05) is 0 Å². The molecule has 0 heterocycles. The van der Waals surface area contributed by atoms with Crippen LogP contribution in [0.15, 0.2) is 18.2 Å². The standard InChI is InChI=1S/C12H16F2N2O2/c1-12(2,5-6-17)16-11(18)15-10-7-8(13)3-4-9(10)14/h3-4,7,17H,5-6H2,1-2H3,(H2,15,16,18). The zero-order valence-corrected chi connectivity index (χ0v) is 10.3. The SMILES string of the molecule is CC(C)(CCO)NC(=O)Nc1cc(F)ccc1F. The second kappa shape index (κ2) is 5.77. The lowest BCUT2D eigenvalue weighted by Crippen LogP contribution is -2.46. The second-order valence-electron chi connectivity index (χ2n) is 4.56. The highest BCUT2D eigenvalue weighted by atomic mass is 19.1. The zero-order valence-electron chi connectivity index (χ0n) is 10.3. The predicted molar refractivity (Wildman–Crippen MR) is 64.3 cm³/mol. The molecule has 0 aliphatic heterocycles. The molecule has 0 saturated carbocycles. The molecule has 0 fully saturated rings. The number of urea groups is 1. The predicted octanol–water partition coefficient (Wildman–Crippen LogP) is 2.25. The van der Waals surface area contributed by atoms with Gasteiger partial charge in [-0.2, -0.15) is 0 Å². The molecular weight excluding hydrogens is 242 g/mol. The zero-order chi connectivity index (χ0) is 13.8. The molecule has 0 aromatic heterocycles. The number of benzene rings is 1. The number of carbonyl (C=O) groups excluding carboxylic acids is 1. The molecule has 0 saturated heterocycles. The summed E-state index contributed by atoms with van der Waals surface area (Å²) in [5.41, 5.74) is -0.866. The van der Waals surface area contributed by atoms with Crippen molar-refractivity contribution in [1.29, 1.82) is 0 Å². The molecule has 0 radical (unpaired) electrons. The van der Waals surface area contributed by atoms with Gasteiger partial charge in [-0.25, -0.2) is 13.6 Å². The highest BCUT2D eigenvalue weighted by Crippen LogP contribution is 2.15. The molecule has 0 bridgehead atoms. The molecule has 1 rings (SSSR count). The van der Waals surface area contributed by atoms with E-state index in [-0.39, 0.29) is 12.3 Å². The molecular formula is C12H16F2N2O2. The van der Waals surface area contributed by atoms with Crippen LogP contribution in [0.5, 0.6) is 0 Å². The van der Waals surface area contributed by atoms with Gasteiger partial charge in [0.2, 0.25) is 0 Å². The van der Waals surface area contributed by atoms with Crippen LogP contribution in [0.4, 0.5) is 19.3 Å². The first-order valence-electron chi connectivity index (χ1n) is 5.49. The Hall–Kier alpha value is -1.69. The Morgan fingerprint density at radius 2 is 2.06 bits per heavy atom. The summed E-state index contributed by atoms with van der Waals surface area (Å²) < 4.78 is 26.1. The topological polar surface area (TPSA) is 61.4 Å². The van der Waals surface area contributed by atoms with E-state index < -0.39 is 23.2 Å².